The maximum atomic E-state index is 10.4. The molecule has 0 bridgehead atoms. The fraction of sp³-hybridized carbons (Fsp3) is 1.00. The van der Waals surface area contributed by atoms with E-state index >= 15 is 0 Å². The van der Waals surface area contributed by atoms with Gasteiger partial charge in [0.1, 0.15) is 6.10 Å². The van der Waals surface area contributed by atoms with Crippen molar-refractivity contribution in [3.05, 3.63) is 0 Å². The molecule has 0 saturated heterocycles. The summed E-state index contributed by atoms with van der Waals surface area (Å²) >= 11 is 0. The van der Waals surface area contributed by atoms with Crippen LogP contribution in [0.5, 0.6) is 0 Å². The van der Waals surface area contributed by atoms with Gasteiger partial charge < -0.3 is 4.89 Å². The first-order valence-electron chi connectivity index (χ1n) is 9.48. The number of rotatable bonds is 17. The van der Waals surface area contributed by atoms with Crippen molar-refractivity contribution in [2.45, 2.75) is 116 Å². The van der Waals surface area contributed by atoms with E-state index in [1.54, 1.807) is 0 Å². The molecule has 0 aromatic carbocycles. The average Bonchev–Trinajstić information content (AvgIpc) is 2.47. The molecule has 22 heavy (non-hydrogen) atoms. The van der Waals surface area contributed by atoms with Gasteiger partial charge in [0.25, 0.3) is 0 Å². The fourth-order valence-corrected chi connectivity index (χ4v) is 3.23. The van der Waals surface area contributed by atoms with Crippen LogP contribution >= 0.6 is 8.25 Å². The van der Waals surface area contributed by atoms with Gasteiger partial charge in [-0.1, -0.05) is 96.8 Å². The zero-order valence-corrected chi connectivity index (χ0v) is 15.8. The van der Waals surface area contributed by atoms with Crippen LogP contribution < -0.4 is 4.89 Å². The Hall–Kier alpha value is 0.0200. The highest BCUT2D eigenvalue weighted by Crippen LogP contribution is 2.18. The summed E-state index contributed by atoms with van der Waals surface area (Å²) < 4.78 is 15.1. The Balaban J connectivity index is 3.07. The molecule has 0 rings (SSSR count). The van der Waals surface area contributed by atoms with Crippen molar-refractivity contribution in [1.82, 2.24) is 0 Å². The van der Waals surface area contributed by atoms with Crippen LogP contribution in [0.4, 0.5) is 0 Å². The monoisotopic (exact) mass is 332 g/mol. The summed E-state index contributed by atoms with van der Waals surface area (Å²) in [5.41, 5.74) is 0. The van der Waals surface area contributed by atoms with Gasteiger partial charge in [0.2, 0.25) is 0 Å². The first kappa shape index (κ1) is 22.0. The molecule has 132 valence electrons. The molecule has 0 radical (unpaired) electrons. The van der Waals surface area contributed by atoms with Gasteiger partial charge in [0, 0.05) is 0 Å². The van der Waals surface area contributed by atoms with Crippen molar-refractivity contribution in [3.63, 3.8) is 0 Å². The molecule has 0 aliphatic rings. The molecule has 2 unspecified atom stereocenters. The molecule has 0 fully saturated rings. The van der Waals surface area contributed by atoms with Gasteiger partial charge in [-0.2, -0.15) is 0 Å². The van der Waals surface area contributed by atoms with Crippen molar-refractivity contribution in [2.75, 3.05) is 0 Å². The smallest absolute Gasteiger partial charge is 0.488 e. The Morgan fingerprint density at radius 1 is 0.773 bits per heavy atom. The number of unbranched alkanes of at least 4 members (excludes halogenated alkanes) is 13. The van der Waals surface area contributed by atoms with Crippen molar-refractivity contribution in [1.29, 1.82) is 0 Å². The zero-order chi connectivity index (χ0) is 16.5. The van der Waals surface area contributed by atoms with E-state index < -0.39 is 8.25 Å². The summed E-state index contributed by atoms with van der Waals surface area (Å²) in [6.07, 6.45) is 19.5. The quantitative estimate of drug-likeness (QED) is 0.232. The molecule has 4 heteroatoms. The second-order valence-corrected chi connectivity index (χ2v) is 7.18. The van der Waals surface area contributed by atoms with E-state index in [4.69, 9.17) is 4.52 Å². The lowest BCUT2D eigenvalue weighted by atomic mass is 10.0. The van der Waals surface area contributed by atoms with E-state index in [1.807, 2.05) is 6.92 Å². The molecule has 0 spiro atoms. The maximum absolute atomic E-state index is 10.4. The van der Waals surface area contributed by atoms with E-state index in [9.17, 15) is 9.46 Å². The van der Waals surface area contributed by atoms with Gasteiger partial charge in [-0.15, -0.1) is 4.52 Å². The molecule has 0 aromatic heterocycles. The van der Waals surface area contributed by atoms with Crippen LogP contribution in [0.2, 0.25) is 0 Å². The third-order valence-electron chi connectivity index (χ3n) is 4.23. The fourth-order valence-electron chi connectivity index (χ4n) is 2.83. The Labute approximate surface area is 139 Å². The van der Waals surface area contributed by atoms with E-state index in [0.29, 0.717) is 0 Å². The van der Waals surface area contributed by atoms with Crippen molar-refractivity contribution in [3.8, 4) is 0 Å². The molecule has 0 aliphatic heterocycles. The lowest BCUT2D eigenvalue weighted by Crippen LogP contribution is -2.06. The first-order chi connectivity index (χ1) is 10.7. The highest BCUT2D eigenvalue weighted by Gasteiger charge is 2.10. The minimum absolute atomic E-state index is 0.154. The molecule has 0 N–H and O–H groups in total. The van der Waals surface area contributed by atoms with Gasteiger partial charge in [0.05, 0.1) is 0 Å². The topological polar surface area (TPSA) is 49.4 Å². The number of hydrogen-bond acceptors (Lipinski definition) is 3. The lowest BCUT2D eigenvalue weighted by molar-refractivity contribution is -0.188. The lowest BCUT2D eigenvalue weighted by Gasteiger charge is -2.05. The summed E-state index contributed by atoms with van der Waals surface area (Å²) in [6.45, 7) is 4.09. The van der Waals surface area contributed by atoms with Crippen molar-refractivity contribution >= 4 is 8.25 Å². The minimum atomic E-state index is -2.68. The van der Waals surface area contributed by atoms with Crippen molar-refractivity contribution < 1.29 is 14.0 Å². The van der Waals surface area contributed by atoms with Crippen LogP contribution in [-0.4, -0.2) is 6.10 Å². The molecule has 3 nitrogen and oxygen atoms in total. The van der Waals surface area contributed by atoms with Crippen LogP contribution in [0.25, 0.3) is 0 Å². The third-order valence-corrected chi connectivity index (χ3v) is 4.76. The predicted octanol–water partition coefficient (Wildman–Crippen LogP) is 6.28. The average molecular weight is 332 g/mol. The molecule has 2 atom stereocenters. The Morgan fingerprint density at radius 3 is 1.50 bits per heavy atom. The normalized spacial score (nSPS) is 13.3. The molecular weight excluding hydrogens is 295 g/mol. The molecule has 0 aliphatic carbocycles. The summed E-state index contributed by atoms with van der Waals surface area (Å²) in [5.74, 6) is 0. The van der Waals surface area contributed by atoms with Crippen LogP contribution in [0.3, 0.4) is 0 Å². The van der Waals surface area contributed by atoms with E-state index in [1.165, 1.54) is 83.5 Å². The second-order valence-electron chi connectivity index (χ2n) is 6.52. The highest BCUT2D eigenvalue weighted by molar-refractivity contribution is 7.30. The second kappa shape index (κ2) is 17.4. The highest BCUT2D eigenvalue weighted by atomic mass is 31.1. The Bertz CT molecular complexity index is 246. The van der Waals surface area contributed by atoms with E-state index in [0.717, 1.165) is 12.8 Å². The molecule has 0 heterocycles. The Morgan fingerprint density at radius 2 is 1.14 bits per heavy atom. The van der Waals surface area contributed by atoms with Crippen molar-refractivity contribution in [2.24, 2.45) is 0 Å². The van der Waals surface area contributed by atoms with Gasteiger partial charge in [-0.25, -0.2) is 0 Å². The maximum Gasteiger partial charge on any atom is 0.488 e. The Kier molecular flexibility index (Phi) is 17.4. The van der Waals surface area contributed by atoms with Crippen LogP contribution in [0, 0.1) is 0 Å². The standard InChI is InChI=1S/C18H37O3P/c1-3-4-5-6-7-8-9-10-11-12-13-14-15-16-17-18(2)21-22(19)20/h18H,3-17H2,1-2H3. The molecule has 0 saturated carbocycles. The number of hydrogen-bond donors (Lipinski definition) is 0. The first-order valence-corrected chi connectivity index (χ1v) is 10.6. The van der Waals surface area contributed by atoms with Gasteiger partial charge >= 0.3 is 8.25 Å². The zero-order valence-electron chi connectivity index (χ0n) is 14.9. The summed E-state index contributed by atoms with van der Waals surface area (Å²) in [5, 5.41) is 0. The molecule has 0 aromatic rings. The predicted molar refractivity (Wildman–Crippen MR) is 93.1 cm³/mol. The van der Waals surface area contributed by atoms with E-state index in [-0.39, 0.29) is 6.10 Å². The van der Waals surface area contributed by atoms with Crippen LogP contribution in [0.1, 0.15) is 110 Å². The summed E-state index contributed by atoms with van der Waals surface area (Å²) in [4.78, 5) is 10.4. The minimum Gasteiger partial charge on any atom is -0.566 e. The molecular formula is C18H37O3P. The largest absolute Gasteiger partial charge is 0.566 e. The van der Waals surface area contributed by atoms with Gasteiger partial charge in [-0.05, 0) is 17.9 Å². The van der Waals surface area contributed by atoms with Gasteiger partial charge in [-0.3, -0.25) is 0 Å². The summed E-state index contributed by atoms with van der Waals surface area (Å²) in [6, 6.07) is 0. The van der Waals surface area contributed by atoms with E-state index in [2.05, 4.69) is 6.92 Å². The third kappa shape index (κ3) is 18.1. The SMILES string of the molecule is CCCCCCCCCCCCCCCCC(C)O[P+](=O)[O-]. The van der Waals surface area contributed by atoms with Crippen LogP contribution in [-0.2, 0) is 9.09 Å². The molecule has 0 amide bonds. The van der Waals surface area contributed by atoms with Gasteiger partial charge in [0.15, 0.2) is 0 Å². The summed E-state index contributed by atoms with van der Waals surface area (Å²) in [7, 11) is -2.68. The van der Waals surface area contributed by atoms with Crippen LogP contribution in [0.15, 0.2) is 0 Å².